The summed E-state index contributed by atoms with van der Waals surface area (Å²) in [4.78, 5) is 54.5. The molecule has 5 N–H and O–H groups in total. The van der Waals surface area contributed by atoms with Crippen LogP contribution in [0.15, 0.2) is 49.1 Å². The van der Waals surface area contributed by atoms with Gasteiger partial charge in [-0.25, -0.2) is 0 Å². The van der Waals surface area contributed by atoms with Gasteiger partial charge in [-0.15, -0.1) is 0 Å². The summed E-state index contributed by atoms with van der Waals surface area (Å²) in [5, 5.41) is 8.16. The van der Waals surface area contributed by atoms with Crippen molar-refractivity contribution >= 4 is 23.6 Å². The molecule has 10 nitrogen and oxygen atoms in total. The van der Waals surface area contributed by atoms with Crippen molar-refractivity contribution in [3.05, 3.63) is 60.2 Å². The van der Waals surface area contributed by atoms with Gasteiger partial charge >= 0.3 is 0 Å². The Morgan fingerprint density at radius 1 is 0.757 bits per heavy atom. The smallest absolute Gasteiger partial charge is 0.252 e. The Labute approximate surface area is 220 Å². The van der Waals surface area contributed by atoms with Crippen LogP contribution in [0.5, 0.6) is 0 Å². The van der Waals surface area contributed by atoms with E-state index >= 15 is 0 Å². The highest BCUT2D eigenvalue weighted by Crippen LogP contribution is 2.05. The lowest BCUT2D eigenvalue weighted by atomic mass is 10.0. The molecule has 0 saturated carbocycles. The maximum absolute atomic E-state index is 12.0. The normalized spacial score (nSPS) is 11.6. The van der Waals surface area contributed by atoms with Crippen LogP contribution in [0.2, 0.25) is 0 Å². The standard InChI is InChI=1S/C14H21N3O2.C11H15N3O2.C2H6/c1-4-7-16-14(19)12(10(2)3)17-13(18)11-5-8-15-9-6-11;1-7(2)9(10(12)15)14-11(16)8-3-5-13-6-4-8;1-2/h5-6,8-10,12H,4,7H2,1-3H3,(H,16,19)(H,17,18);3-7,9H,1-2H3,(H2,12,15)(H,14,16);1-2H3. The van der Waals surface area contributed by atoms with Crippen LogP contribution < -0.4 is 21.7 Å². The van der Waals surface area contributed by atoms with Gasteiger partial charge in [0, 0.05) is 42.5 Å². The summed E-state index contributed by atoms with van der Waals surface area (Å²) in [5.41, 5.74) is 6.16. The highest BCUT2D eigenvalue weighted by atomic mass is 16.2. The zero-order valence-electron chi connectivity index (χ0n) is 22.9. The molecule has 37 heavy (non-hydrogen) atoms. The lowest BCUT2D eigenvalue weighted by Gasteiger charge is -2.21. The molecule has 4 amide bonds. The zero-order valence-corrected chi connectivity index (χ0v) is 22.9. The summed E-state index contributed by atoms with van der Waals surface area (Å²) in [6, 6.07) is 5.22. The van der Waals surface area contributed by atoms with Gasteiger partial charge in [0.2, 0.25) is 11.8 Å². The second kappa shape index (κ2) is 18.4. The molecule has 204 valence electrons. The van der Waals surface area contributed by atoms with E-state index in [1.807, 2.05) is 48.5 Å². The number of nitrogens with one attached hydrogen (secondary N) is 3. The Bertz CT molecular complexity index is 952. The van der Waals surface area contributed by atoms with Crippen molar-refractivity contribution in [2.45, 2.75) is 67.0 Å². The van der Waals surface area contributed by atoms with Crippen LogP contribution in [0, 0.1) is 11.8 Å². The number of pyridine rings is 2. The number of carbonyl (C=O) groups excluding carboxylic acids is 4. The molecule has 2 unspecified atom stereocenters. The van der Waals surface area contributed by atoms with Crippen molar-refractivity contribution in [1.29, 1.82) is 0 Å². The fourth-order valence-corrected chi connectivity index (χ4v) is 2.92. The van der Waals surface area contributed by atoms with E-state index < -0.39 is 18.0 Å². The van der Waals surface area contributed by atoms with Crippen LogP contribution in [0.4, 0.5) is 0 Å². The number of nitrogens with two attached hydrogens (primary N) is 1. The summed E-state index contributed by atoms with van der Waals surface area (Å²) in [5.74, 6) is -1.25. The molecule has 0 aliphatic carbocycles. The Morgan fingerprint density at radius 3 is 1.46 bits per heavy atom. The summed E-state index contributed by atoms with van der Waals surface area (Å²) < 4.78 is 0. The molecular weight excluding hydrogens is 472 g/mol. The third kappa shape index (κ3) is 12.6. The van der Waals surface area contributed by atoms with Gasteiger partial charge in [-0.1, -0.05) is 48.5 Å². The first-order chi connectivity index (χ1) is 17.6. The highest BCUT2D eigenvalue weighted by molar-refractivity contribution is 5.98. The zero-order chi connectivity index (χ0) is 28.4. The van der Waals surface area contributed by atoms with Crippen LogP contribution in [0.1, 0.15) is 75.6 Å². The average Bonchev–Trinajstić information content (AvgIpc) is 2.90. The quantitative estimate of drug-likeness (QED) is 0.382. The number of nitrogens with zero attached hydrogens (tertiary/aromatic N) is 2. The number of primary amides is 1. The predicted octanol–water partition coefficient (Wildman–Crippen LogP) is 2.71. The van der Waals surface area contributed by atoms with Crippen molar-refractivity contribution < 1.29 is 19.2 Å². The Balaban J connectivity index is 0.000000665. The molecule has 10 heteroatoms. The number of carbonyl (C=O) groups is 4. The molecule has 2 aromatic heterocycles. The van der Waals surface area contributed by atoms with Gasteiger partial charge in [-0.05, 0) is 42.5 Å². The van der Waals surface area contributed by atoms with Crippen LogP contribution in [-0.2, 0) is 9.59 Å². The fourth-order valence-electron chi connectivity index (χ4n) is 2.92. The summed E-state index contributed by atoms with van der Waals surface area (Å²) in [7, 11) is 0. The second-order valence-electron chi connectivity index (χ2n) is 8.56. The number of hydrogen-bond donors (Lipinski definition) is 4. The molecule has 0 aliphatic heterocycles. The Hall–Kier alpha value is -3.82. The predicted molar refractivity (Wildman–Crippen MR) is 145 cm³/mol. The van der Waals surface area contributed by atoms with Crippen molar-refractivity contribution in [1.82, 2.24) is 25.9 Å². The summed E-state index contributed by atoms with van der Waals surface area (Å²) in [6.07, 6.45) is 7.01. The Kier molecular flexibility index (Phi) is 16.5. The van der Waals surface area contributed by atoms with Crippen LogP contribution in [0.3, 0.4) is 0 Å². The maximum atomic E-state index is 12.0. The summed E-state index contributed by atoms with van der Waals surface area (Å²) in [6.45, 7) is 14.1. The molecule has 0 spiro atoms. The minimum Gasteiger partial charge on any atom is -0.368 e. The molecule has 2 rings (SSSR count). The van der Waals surface area contributed by atoms with E-state index in [1.54, 1.807) is 36.7 Å². The molecule has 2 atom stereocenters. The lowest BCUT2D eigenvalue weighted by molar-refractivity contribution is -0.124. The van der Waals surface area contributed by atoms with E-state index in [9.17, 15) is 19.2 Å². The van der Waals surface area contributed by atoms with Crippen LogP contribution in [-0.4, -0.2) is 52.2 Å². The van der Waals surface area contributed by atoms with Gasteiger partial charge in [0.25, 0.3) is 11.8 Å². The monoisotopic (exact) mass is 514 g/mol. The number of rotatable bonds is 10. The molecule has 2 heterocycles. The van der Waals surface area contributed by atoms with E-state index in [2.05, 4.69) is 25.9 Å². The fraction of sp³-hybridized carbons (Fsp3) is 0.481. The van der Waals surface area contributed by atoms with Crippen molar-refractivity contribution in [3.8, 4) is 0 Å². The van der Waals surface area contributed by atoms with Crippen molar-refractivity contribution in [2.75, 3.05) is 6.54 Å². The minimum absolute atomic E-state index is 0.0302. The van der Waals surface area contributed by atoms with Crippen molar-refractivity contribution in [2.24, 2.45) is 17.6 Å². The molecule has 0 aliphatic rings. The molecular formula is C27H42N6O4. The third-order valence-electron chi connectivity index (χ3n) is 4.93. The molecule has 0 fully saturated rings. The first kappa shape index (κ1) is 33.2. The van der Waals surface area contributed by atoms with E-state index in [0.717, 1.165) is 6.42 Å². The third-order valence-corrected chi connectivity index (χ3v) is 4.93. The SMILES string of the molecule is CC.CC(C)C(NC(=O)c1ccncc1)C(N)=O.CCCNC(=O)C(NC(=O)c1ccncc1)C(C)C. The number of amides is 4. The lowest BCUT2D eigenvalue weighted by Crippen LogP contribution is -2.49. The second-order valence-corrected chi connectivity index (χ2v) is 8.56. The largest absolute Gasteiger partial charge is 0.368 e. The first-order valence-corrected chi connectivity index (χ1v) is 12.6. The molecule has 0 bridgehead atoms. The molecule has 2 aromatic rings. The highest BCUT2D eigenvalue weighted by Gasteiger charge is 2.24. The van der Waals surface area contributed by atoms with Crippen LogP contribution >= 0.6 is 0 Å². The Morgan fingerprint density at radius 2 is 1.14 bits per heavy atom. The average molecular weight is 515 g/mol. The number of aromatic nitrogens is 2. The maximum Gasteiger partial charge on any atom is 0.252 e. The van der Waals surface area contributed by atoms with E-state index in [1.165, 1.54) is 12.4 Å². The van der Waals surface area contributed by atoms with Crippen LogP contribution in [0.25, 0.3) is 0 Å². The van der Waals surface area contributed by atoms with Gasteiger partial charge in [0.05, 0.1) is 0 Å². The van der Waals surface area contributed by atoms with Gasteiger partial charge in [-0.2, -0.15) is 0 Å². The van der Waals surface area contributed by atoms with Gasteiger partial charge in [0.1, 0.15) is 12.1 Å². The number of hydrogen-bond acceptors (Lipinski definition) is 6. The molecule has 0 saturated heterocycles. The molecule has 0 radical (unpaired) electrons. The first-order valence-electron chi connectivity index (χ1n) is 12.6. The summed E-state index contributed by atoms with van der Waals surface area (Å²) >= 11 is 0. The van der Waals surface area contributed by atoms with Gasteiger partial charge < -0.3 is 21.7 Å². The van der Waals surface area contributed by atoms with E-state index in [4.69, 9.17) is 5.73 Å². The van der Waals surface area contributed by atoms with E-state index in [-0.39, 0.29) is 29.6 Å². The van der Waals surface area contributed by atoms with E-state index in [0.29, 0.717) is 17.7 Å². The minimum atomic E-state index is -0.652. The van der Waals surface area contributed by atoms with Gasteiger partial charge in [-0.3, -0.25) is 29.1 Å². The topological polar surface area (TPSA) is 156 Å². The molecule has 0 aromatic carbocycles. The van der Waals surface area contributed by atoms with Crippen molar-refractivity contribution in [3.63, 3.8) is 0 Å². The van der Waals surface area contributed by atoms with Gasteiger partial charge in [0.15, 0.2) is 0 Å².